The van der Waals surface area contributed by atoms with Crippen LogP contribution in [0.3, 0.4) is 0 Å². The third-order valence-corrected chi connectivity index (χ3v) is 3.82. The Kier molecular flexibility index (Phi) is 4.63. The fraction of sp³-hybridized carbons (Fsp3) is 0.125. The van der Waals surface area contributed by atoms with Crippen LogP contribution in [0.1, 0.15) is 21.7 Å². The molecule has 0 radical (unpaired) electrons. The average Bonchev–Trinajstić information content (AvgIpc) is 2.93. The van der Waals surface area contributed by atoms with Crippen molar-refractivity contribution in [2.24, 2.45) is 0 Å². The zero-order valence-corrected chi connectivity index (χ0v) is 14.6. The standard InChI is InChI=1S/C16H13ClN6O3/c1-9-5-10(2)22(21-9)16-18-7-11(8-19-16)20-15(24)13-4-3-12(23(25)26)6-14(13)17/h3-8H,1-2H3,(H,20,24). The lowest BCUT2D eigenvalue weighted by molar-refractivity contribution is -0.384. The van der Waals surface area contributed by atoms with Crippen LogP contribution >= 0.6 is 11.6 Å². The van der Waals surface area contributed by atoms with E-state index in [0.29, 0.717) is 11.6 Å². The third kappa shape index (κ3) is 3.52. The molecule has 26 heavy (non-hydrogen) atoms. The molecule has 0 aliphatic rings. The van der Waals surface area contributed by atoms with Gasteiger partial charge in [0.2, 0.25) is 0 Å². The number of nitrogens with zero attached hydrogens (tertiary/aromatic N) is 5. The van der Waals surface area contributed by atoms with Gasteiger partial charge in [0.05, 0.1) is 39.3 Å². The predicted molar refractivity (Wildman–Crippen MR) is 94.7 cm³/mol. The number of amides is 1. The number of carbonyl (C=O) groups excluding carboxylic acids is 1. The molecule has 0 saturated carbocycles. The van der Waals surface area contributed by atoms with E-state index in [1.54, 1.807) is 4.68 Å². The van der Waals surface area contributed by atoms with Gasteiger partial charge in [0.15, 0.2) is 0 Å². The van der Waals surface area contributed by atoms with Gasteiger partial charge in [-0.15, -0.1) is 0 Å². The van der Waals surface area contributed by atoms with Gasteiger partial charge in [-0.25, -0.2) is 14.6 Å². The highest BCUT2D eigenvalue weighted by molar-refractivity contribution is 6.34. The number of halogens is 1. The van der Waals surface area contributed by atoms with E-state index in [-0.39, 0.29) is 16.3 Å². The monoisotopic (exact) mass is 372 g/mol. The Morgan fingerprint density at radius 2 is 1.92 bits per heavy atom. The number of rotatable bonds is 4. The first kappa shape index (κ1) is 17.5. The smallest absolute Gasteiger partial charge is 0.270 e. The Balaban J connectivity index is 1.78. The van der Waals surface area contributed by atoms with Crippen LogP contribution in [0, 0.1) is 24.0 Å². The minimum absolute atomic E-state index is 0.0168. The first-order valence-corrected chi connectivity index (χ1v) is 7.84. The number of non-ortho nitro benzene ring substituents is 1. The molecule has 10 heteroatoms. The molecule has 2 aromatic heterocycles. The lowest BCUT2D eigenvalue weighted by Gasteiger charge is -2.07. The molecule has 3 rings (SSSR count). The summed E-state index contributed by atoms with van der Waals surface area (Å²) in [4.78, 5) is 30.8. The number of nitro benzene ring substituents is 1. The molecule has 0 unspecified atom stereocenters. The van der Waals surface area contributed by atoms with Crippen molar-refractivity contribution in [1.82, 2.24) is 19.7 Å². The molecule has 2 heterocycles. The Hall–Kier alpha value is -3.33. The second-order valence-electron chi connectivity index (χ2n) is 5.49. The van der Waals surface area contributed by atoms with E-state index in [2.05, 4.69) is 20.4 Å². The lowest BCUT2D eigenvalue weighted by Crippen LogP contribution is -2.14. The number of hydrogen-bond acceptors (Lipinski definition) is 6. The molecule has 0 aliphatic carbocycles. The number of hydrogen-bond donors (Lipinski definition) is 1. The minimum atomic E-state index is -0.584. The van der Waals surface area contributed by atoms with E-state index in [1.807, 2.05) is 19.9 Å². The van der Waals surface area contributed by atoms with Crippen LogP contribution in [-0.4, -0.2) is 30.6 Å². The number of benzene rings is 1. The highest BCUT2D eigenvalue weighted by atomic mass is 35.5. The van der Waals surface area contributed by atoms with Gasteiger partial charge < -0.3 is 5.32 Å². The number of carbonyl (C=O) groups is 1. The molecule has 3 aromatic rings. The van der Waals surface area contributed by atoms with E-state index < -0.39 is 10.8 Å². The first-order chi connectivity index (χ1) is 12.3. The highest BCUT2D eigenvalue weighted by Gasteiger charge is 2.15. The van der Waals surface area contributed by atoms with E-state index in [9.17, 15) is 14.9 Å². The largest absolute Gasteiger partial charge is 0.319 e. The van der Waals surface area contributed by atoms with Crippen LogP contribution in [-0.2, 0) is 0 Å². The number of nitro groups is 1. The lowest BCUT2D eigenvalue weighted by atomic mass is 10.2. The topological polar surface area (TPSA) is 116 Å². The van der Waals surface area contributed by atoms with Gasteiger partial charge in [0.1, 0.15) is 0 Å². The van der Waals surface area contributed by atoms with Gasteiger partial charge in [0, 0.05) is 17.8 Å². The summed E-state index contributed by atoms with van der Waals surface area (Å²) in [6.07, 6.45) is 2.88. The number of anilines is 1. The van der Waals surface area contributed by atoms with Crippen molar-refractivity contribution >= 4 is 28.9 Å². The van der Waals surface area contributed by atoms with Gasteiger partial charge in [0.25, 0.3) is 17.5 Å². The molecule has 9 nitrogen and oxygen atoms in total. The minimum Gasteiger partial charge on any atom is -0.319 e. The predicted octanol–water partition coefficient (Wildman–Crippen LogP) is 3.09. The third-order valence-electron chi connectivity index (χ3n) is 3.50. The van der Waals surface area contributed by atoms with Gasteiger partial charge >= 0.3 is 0 Å². The average molecular weight is 373 g/mol. The van der Waals surface area contributed by atoms with Gasteiger partial charge in [-0.1, -0.05) is 11.6 Å². The fourth-order valence-electron chi connectivity index (χ4n) is 2.33. The van der Waals surface area contributed by atoms with Crippen molar-refractivity contribution in [1.29, 1.82) is 0 Å². The normalized spacial score (nSPS) is 10.6. The Bertz CT molecular complexity index is 1000. The Morgan fingerprint density at radius 3 is 2.46 bits per heavy atom. The molecule has 0 bridgehead atoms. The summed E-state index contributed by atoms with van der Waals surface area (Å²) in [6.45, 7) is 3.75. The molecule has 0 spiro atoms. The van der Waals surface area contributed by atoms with E-state index in [0.717, 1.165) is 17.5 Å². The second-order valence-corrected chi connectivity index (χ2v) is 5.89. The van der Waals surface area contributed by atoms with Crippen molar-refractivity contribution in [2.75, 3.05) is 5.32 Å². The van der Waals surface area contributed by atoms with Crippen molar-refractivity contribution < 1.29 is 9.72 Å². The molecule has 0 fully saturated rings. The van der Waals surface area contributed by atoms with Crippen LogP contribution in [0.5, 0.6) is 0 Å². The zero-order chi connectivity index (χ0) is 18.8. The summed E-state index contributed by atoms with van der Waals surface area (Å²) in [7, 11) is 0. The van der Waals surface area contributed by atoms with Gasteiger partial charge in [-0.2, -0.15) is 5.10 Å². The van der Waals surface area contributed by atoms with E-state index >= 15 is 0 Å². The van der Waals surface area contributed by atoms with Crippen molar-refractivity contribution in [3.63, 3.8) is 0 Å². The van der Waals surface area contributed by atoms with E-state index in [1.165, 1.54) is 24.5 Å². The fourth-order valence-corrected chi connectivity index (χ4v) is 2.59. The van der Waals surface area contributed by atoms with Crippen LogP contribution in [0.4, 0.5) is 11.4 Å². The molecule has 132 valence electrons. The molecule has 1 N–H and O–H groups in total. The summed E-state index contributed by atoms with van der Waals surface area (Å²) < 4.78 is 1.59. The van der Waals surface area contributed by atoms with Crippen molar-refractivity contribution in [3.8, 4) is 5.95 Å². The number of aromatic nitrogens is 4. The quantitative estimate of drug-likeness (QED) is 0.555. The maximum atomic E-state index is 12.3. The summed E-state index contributed by atoms with van der Waals surface area (Å²) in [5.74, 6) is -0.144. The Morgan fingerprint density at radius 1 is 1.23 bits per heavy atom. The van der Waals surface area contributed by atoms with E-state index in [4.69, 9.17) is 11.6 Å². The molecular weight excluding hydrogens is 360 g/mol. The SMILES string of the molecule is Cc1cc(C)n(-c2ncc(NC(=O)c3ccc([N+](=O)[O-])cc3Cl)cn2)n1. The summed E-state index contributed by atoms with van der Waals surface area (Å²) >= 11 is 5.95. The summed E-state index contributed by atoms with van der Waals surface area (Å²) in [5, 5.41) is 17.6. The molecule has 1 aromatic carbocycles. The van der Waals surface area contributed by atoms with Crippen molar-refractivity contribution in [3.05, 3.63) is 68.7 Å². The molecule has 0 atom stereocenters. The maximum Gasteiger partial charge on any atom is 0.270 e. The van der Waals surface area contributed by atoms with Gasteiger partial charge in [-0.05, 0) is 26.0 Å². The maximum absolute atomic E-state index is 12.3. The molecule has 0 aliphatic heterocycles. The highest BCUT2D eigenvalue weighted by Crippen LogP contribution is 2.23. The Labute approximate surface area is 152 Å². The van der Waals surface area contributed by atoms with Gasteiger partial charge in [-0.3, -0.25) is 14.9 Å². The van der Waals surface area contributed by atoms with Crippen molar-refractivity contribution in [2.45, 2.75) is 13.8 Å². The first-order valence-electron chi connectivity index (χ1n) is 7.46. The zero-order valence-electron chi connectivity index (χ0n) is 13.8. The number of aryl methyl sites for hydroxylation is 2. The molecule has 0 saturated heterocycles. The van der Waals surface area contributed by atoms with Crippen LogP contribution < -0.4 is 5.32 Å². The number of nitrogens with one attached hydrogen (secondary N) is 1. The summed E-state index contributed by atoms with van der Waals surface area (Å²) in [5.41, 5.74) is 2.01. The van der Waals surface area contributed by atoms with Crippen LogP contribution in [0.25, 0.3) is 5.95 Å². The molecular formula is C16H13ClN6O3. The summed E-state index contributed by atoms with van der Waals surface area (Å²) in [6, 6.07) is 5.53. The second kappa shape index (κ2) is 6.89. The molecule has 1 amide bonds. The van der Waals surface area contributed by atoms with Crippen LogP contribution in [0.2, 0.25) is 5.02 Å². The van der Waals surface area contributed by atoms with Crippen LogP contribution in [0.15, 0.2) is 36.7 Å².